The highest BCUT2D eigenvalue weighted by Crippen LogP contribution is 2.41. The fourth-order valence-corrected chi connectivity index (χ4v) is 16.0. The third kappa shape index (κ3) is 15.9. The number of hydrogen-bond acceptors (Lipinski definition) is 16. The number of aromatic amines is 2. The van der Waals surface area contributed by atoms with Crippen molar-refractivity contribution in [2.75, 3.05) is 36.8 Å². The molecule has 25 heteroatoms. The van der Waals surface area contributed by atoms with Crippen molar-refractivity contribution in [3.05, 3.63) is 92.9 Å². The van der Waals surface area contributed by atoms with E-state index in [1.807, 2.05) is 65.1 Å². The van der Waals surface area contributed by atoms with Gasteiger partial charge in [-0.3, -0.25) is 0 Å². The maximum Gasteiger partial charge on any atom is 0.407 e. The van der Waals surface area contributed by atoms with Crippen LogP contribution in [0, 0.1) is 6.92 Å². The molecule has 2 amide bonds. The first-order valence-corrected chi connectivity index (χ1v) is 32.0. The van der Waals surface area contributed by atoms with Crippen LogP contribution in [0.4, 0.5) is 32.9 Å². The number of carbonyl (C=O) groups is 2. The standard InChI is InChI=1S/C26H34N6O4S2.C14H18N4O2S.C13H19BrN2O2S/c1-17(2)36-26(33)31-19-7-5-18(6-8-19)24-29-16-22(37-24)21-10-9-20(30-25-27-11-12-28-25)15-23(21)38(34,35)32-13-3-4-14-32;1-11-4-5-12(17-14-15-6-7-16-14)10-13(11)21(19,20)18-8-2-3-9-18;1-8(2)18-13(17)16-10-5-3-9(4-6-10)12-15-7-11(14)19-12/h9-12,15-19H,3-8,13-14H2,1-2H3,(H,31,33)(H2,27,28,30);4-7,10H,2-3,8-9H2,1H3,(H2,15,16,17);7-10H,3-6H2,1-2H3,(H,16,17). The Morgan fingerprint density at radius 3 is 1.53 bits per heavy atom. The Kier molecular flexibility index (Phi) is 20.4. The minimum Gasteiger partial charge on any atom is -0.447 e. The van der Waals surface area contributed by atoms with E-state index in [2.05, 4.69) is 62.1 Å². The number of halogens is 1. The number of imidazole rings is 2. The number of thiazole rings is 2. The average Bonchev–Trinajstić information content (AvgIpc) is 4.35. The van der Waals surface area contributed by atoms with Gasteiger partial charge >= 0.3 is 12.2 Å². The third-order valence-corrected chi connectivity index (χ3v) is 20.6. The summed E-state index contributed by atoms with van der Waals surface area (Å²) in [6, 6.07) is 11.1. The van der Waals surface area contributed by atoms with E-state index in [0.29, 0.717) is 65.8 Å². The molecule has 0 spiro atoms. The molecule has 0 radical (unpaired) electrons. The lowest BCUT2D eigenvalue weighted by Crippen LogP contribution is -2.38. The minimum absolute atomic E-state index is 0.0657. The van der Waals surface area contributed by atoms with E-state index in [4.69, 9.17) is 14.5 Å². The molecule has 4 aliphatic rings. The van der Waals surface area contributed by atoms with Gasteiger partial charge in [0.25, 0.3) is 0 Å². The van der Waals surface area contributed by atoms with E-state index in [1.54, 1.807) is 74.4 Å². The third-order valence-electron chi connectivity index (χ3n) is 13.8. The van der Waals surface area contributed by atoms with Gasteiger partial charge in [0.05, 0.1) is 46.9 Å². The highest BCUT2D eigenvalue weighted by atomic mass is 79.9. The fourth-order valence-electron chi connectivity index (χ4n) is 9.90. The topological polar surface area (TPSA) is 259 Å². The van der Waals surface area contributed by atoms with Crippen molar-refractivity contribution in [1.29, 1.82) is 0 Å². The molecule has 6 aromatic rings. The highest BCUT2D eigenvalue weighted by molar-refractivity contribution is 9.11. The molecule has 2 saturated carbocycles. The number of carbonyl (C=O) groups excluding carboxylic acids is 2. The summed E-state index contributed by atoms with van der Waals surface area (Å²) in [7, 11) is -7.08. The molecule has 0 unspecified atom stereocenters. The monoisotopic (exact) mass is 1210 g/mol. The molecule has 10 rings (SSSR count). The number of hydrogen-bond donors (Lipinski definition) is 6. The molecule has 2 aliphatic heterocycles. The maximum atomic E-state index is 13.7. The molecule has 6 heterocycles. The van der Waals surface area contributed by atoms with Crippen molar-refractivity contribution in [3.63, 3.8) is 0 Å². The lowest BCUT2D eigenvalue weighted by Gasteiger charge is -2.28. The molecular weight excluding hydrogens is 1140 g/mol. The molecule has 4 fully saturated rings. The summed E-state index contributed by atoms with van der Waals surface area (Å²) in [5.41, 5.74) is 2.77. The van der Waals surface area contributed by atoms with Gasteiger partial charge in [-0.1, -0.05) is 12.1 Å². The number of amides is 2. The Bertz CT molecular complexity index is 3110. The number of benzene rings is 2. The lowest BCUT2D eigenvalue weighted by atomic mass is 9.86. The van der Waals surface area contributed by atoms with Crippen LogP contribution < -0.4 is 21.3 Å². The summed E-state index contributed by atoms with van der Waals surface area (Å²) in [4.78, 5) is 48.3. The fraction of sp³-hybridized carbons (Fsp3) is 0.509. The first-order valence-electron chi connectivity index (χ1n) is 26.7. The number of aromatic nitrogens is 6. The molecule has 0 atom stereocenters. The van der Waals surface area contributed by atoms with Gasteiger partial charge in [-0.05, 0) is 157 Å². The number of anilines is 4. The van der Waals surface area contributed by atoms with Crippen LogP contribution in [0.25, 0.3) is 10.4 Å². The van der Waals surface area contributed by atoms with Gasteiger partial charge in [0.15, 0.2) is 0 Å². The van der Waals surface area contributed by atoms with Gasteiger partial charge in [-0.2, -0.15) is 8.61 Å². The first kappa shape index (κ1) is 58.7. The Hall–Kier alpha value is -5.44. The van der Waals surface area contributed by atoms with Gasteiger partial charge in [0.2, 0.25) is 31.9 Å². The molecule has 78 heavy (non-hydrogen) atoms. The number of sulfonamides is 2. The summed E-state index contributed by atoms with van der Waals surface area (Å²) in [6.45, 7) is 11.5. The zero-order valence-electron chi connectivity index (χ0n) is 44.7. The molecule has 6 N–H and O–H groups in total. The predicted molar refractivity (Wildman–Crippen MR) is 308 cm³/mol. The molecule has 20 nitrogen and oxygen atoms in total. The number of alkyl carbamates (subject to hydrolysis) is 2. The van der Waals surface area contributed by atoms with Crippen LogP contribution in [0.2, 0.25) is 0 Å². The van der Waals surface area contributed by atoms with Crippen molar-refractivity contribution >= 4 is 94.1 Å². The Morgan fingerprint density at radius 1 is 0.628 bits per heavy atom. The lowest BCUT2D eigenvalue weighted by molar-refractivity contribution is 0.108. The number of aryl methyl sites for hydroxylation is 1. The number of ether oxygens (including phenoxy) is 2. The van der Waals surface area contributed by atoms with Gasteiger partial charge in [-0.15, -0.1) is 22.7 Å². The van der Waals surface area contributed by atoms with Crippen molar-refractivity contribution < 1.29 is 35.9 Å². The van der Waals surface area contributed by atoms with E-state index >= 15 is 0 Å². The molecular formula is C53H71BrN12O8S4. The van der Waals surface area contributed by atoms with E-state index in [-0.39, 0.29) is 47.3 Å². The van der Waals surface area contributed by atoms with E-state index in [9.17, 15) is 26.4 Å². The predicted octanol–water partition coefficient (Wildman–Crippen LogP) is 11.5. The van der Waals surface area contributed by atoms with Crippen molar-refractivity contribution in [2.45, 2.75) is 158 Å². The van der Waals surface area contributed by atoms with Crippen molar-refractivity contribution in [2.24, 2.45) is 0 Å². The van der Waals surface area contributed by atoms with Crippen LogP contribution in [0.1, 0.15) is 132 Å². The Morgan fingerprint density at radius 2 is 1.08 bits per heavy atom. The molecule has 2 aliphatic carbocycles. The van der Waals surface area contributed by atoms with Gasteiger partial charge in [-0.25, -0.2) is 46.4 Å². The van der Waals surface area contributed by atoms with Gasteiger partial charge < -0.3 is 40.7 Å². The Balaban J connectivity index is 0.000000169. The zero-order chi connectivity index (χ0) is 55.4. The summed E-state index contributed by atoms with van der Waals surface area (Å²) in [5.74, 6) is 1.95. The highest BCUT2D eigenvalue weighted by Gasteiger charge is 2.33. The summed E-state index contributed by atoms with van der Waals surface area (Å²) < 4.78 is 67.3. The van der Waals surface area contributed by atoms with Gasteiger partial charge in [0, 0.05) is 98.0 Å². The quantitative estimate of drug-likeness (QED) is 0.0559. The van der Waals surface area contributed by atoms with Crippen molar-refractivity contribution in [3.8, 4) is 10.4 Å². The van der Waals surface area contributed by atoms with Crippen LogP contribution in [-0.2, 0) is 29.5 Å². The van der Waals surface area contributed by atoms with Crippen LogP contribution >= 0.6 is 38.6 Å². The Labute approximate surface area is 474 Å². The smallest absolute Gasteiger partial charge is 0.407 e. The average molecular weight is 1210 g/mol. The van der Waals surface area contributed by atoms with Gasteiger partial charge in [0.1, 0.15) is 0 Å². The van der Waals surface area contributed by atoms with Crippen molar-refractivity contribution in [1.82, 2.24) is 49.1 Å². The molecule has 0 bridgehead atoms. The maximum absolute atomic E-state index is 13.7. The number of H-pyrrole nitrogens is 2. The van der Waals surface area contributed by atoms with Crippen LogP contribution in [0.3, 0.4) is 0 Å². The van der Waals surface area contributed by atoms with E-state index in [0.717, 1.165) is 96.3 Å². The number of nitrogens with zero attached hydrogens (tertiary/aromatic N) is 6. The minimum atomic E-state index is -3.67. The van der Waals surface area contributed by atoms with Crippen LogP contribution in [0.5, 0.6) is 0 Å². The largest absolute Gasteiger partial charge is 0.447 e. The summed E-state index contributed by atoms with van der Waals surface area (Å²) >= 11 is 6.72. The summed E-state index contributed by atoms with van der Waals surface area (Å²) in [6.07, 6.45) is 20.8. The molecule has 4 aromatic heterocycles. The summed E-state index contributed by atoms with van der Waals surface area (Å²) in [5, 5.41) is 14.3. The number of nitrogens with one attached hydrogen (secondary N) is 6. The normalized spacial score (nSPS) is 20.1. The van der Waals surface area contributed by atoms with E-state index < -0.39 is 20.0 Å². The van der Waals surface area contributed by atoms with Crippen LogP contribution in [0.15, 0.2) is 87.2 Å². The first-order chi connectivity index (χ1) is 37.4. The second-order valence-corrected chi connectivity index (χ2v) is 27.7. The molecule has 422 valence electrons. The second kappa shape index (κ2) is 27.1. The van der Waals surface area contributed by atoms with Crippen LogP contribution in [-0.4, -0.2) is 118 Å². The molecule has 2 aromatic carbocycles. The second-order valence-electron chi connectivity index (χ2n) is 20.4. The SMILES string of the molecule is CC(C)OC(=O)NC1CCC(c2ncc(-c3ccc(Nc4ncc[nH]4)cc3S(=O)(=O)N3CCCC3)s2)CC1.CC(C)OC(=O)NC1CCC(c2ncc(Br)s2)CC1.Cc1ccc(Nc2ncc[nH]2)cc1S(=O)(=O)N1CCCC1. The zero-order valence-corrected chi connectivity index (χ0v) is 49.5. The molecule has 2 saturated heterocycles. The van der Waals surface area contributed by atoms with E-state index in [1.165, 1.54) is 5.01 Å². The number of rotatable bonds is 15.